The molecule has 0 atom stereocenters. The van der Waals surface area contributed by atoms with E-state index in [-0.39, 0.29) is 0 Å². The summed E-state index contributed by atoms with van der Waals surface area (Å²) in [5.41, 5.74) is 0. The summed E-state index contributed by atoms with van der Waals surface area (Å²) in [5, 5.41) is 4.86. The van der Waals surface area contributed by atoms with Crippen LogP contribution < -0.4 is 0 Å². The number of nitrogens with zero attached hydrogens (tertiary/aromatic N) is 2. The van der Waals surface area contributed by atoms with E-state index in [9.17, 15) is 0 Å². The van der Waals surface area contributed by atoms with E-state index in [1.807, 2.05) is 0 Å². The number of hydrogen-bond donors (Lipinski definition) is 0. The molecule has 1 rings (SSSR count). The molecule has 50 valence electrons. The standard InChI is InChI=1S/C5H8N2OS/c1-4(2)9-5-6-3-8-7-5/h3-4H,1-2H3. The molecule has 9 heavy (non-hydrogen) atoms. The van der Waals surface area contributed by atoms with E-state index in [1.54, 1.807) is 11.8 Å². The molecule has 0 saturated heterocycles. The van der Waals surface area contributed by atoms with Crippen LogP contribution in [0.4, 0.5) is 0 Å². The molecule has 1 heterocycles. The maximum absolute atomic E-state index is 4.53. The number of hydrogen-bond acceptors (Lipinski definition) is 4. The zero-order chi connectivity index (χ0) is 6.69. The van der Waals surface area contributed by atoms with Crippen molar-refractivity contribution in [2.75, 3.05) is 0 Å². The zero-order valence-corrected chi connectivity index (χ0v) is 6.18. The first-order chi connectivity index (χ1) is 4.29. The zero-order valence-electron chi connectivity index (χ0n) is 5.37. The molecule has 0 aliphatic carbocycles. The van der Waals surface area contributed by atoms with Crippen LogP contribution in [0.5, 0.6) is 0 Å². The van der Waals surface area contributed by atoms with Crippen LogP contribution in [0, 0.1) is 0 Å². The van der Waals surface area contributed by atoms with Gasteiger partial charge in [0.1, 0.15) is 0 Å². The molecule has 0 saturated carbocycles. The Morgan fingerprint density at radius 2 is 2.44 bits per heavy atom. The third-order valence-electron chi connectivity index (χ3n) is 0.682. The maximum Gasteiger partial charge on any atom is 0.229 e. The summed E-state index contributed by atoms with van der Waals surface area (Å²) in [6.45, 7) is 4.17. The van der Waals surface area contributed by atoms with Gasteiger partial charge in [-0.05, 0) is 0 Å². The van der Waals surface area contributed by atoms with Gasteiger partial charge in [-0.3, -0.25) is 0 Å². The average molecular weight is 144 g/mol. The van der Waals surface area contributed by atoms with Crippen LogP contribution in [0.1, 0.15) is 13.8 Å². The molecule has 1 aromatic rings. The maximum atomic E-state index is 4.53. The van der Waals surface area contributed by atoms with Crippen molar-refractivity contribution in [3.8, 4) is 0 Å². The first-order valence-corrected chi connectivity index (χ1v) is 3.60. The first-order valence-electron chi connectivity index (χ1n) is 2.72. The van der Waals surface area contributed by atoms with Gasteiger partial charge in [0.05, 0.1) is 0 Å². The van der Waals surface area contributed by atoms with Crippen molar-refractivity contribution in [2.24, 2.45) is 0 Å². The van der Waals surface area contributed by atoms with E-state index in [2.05, 4.69) is 28.5 Å². The van der Waals surface area contributed by atoms with Gasteiger partial charge in [-0.25, -0.2) is 0 Å². The SMILES string of the molecule is CC(C)Sc1ncon1. The number of thioether (sulfide) groups is 1. The van der Waals surface area contributed by atoms with E-state index in [1.165, 1.54) is 6.39 Å². The quantitative estimate of drug-likeness (QED) is 0.590. The van der Waals surface area contributed by atoms with Gasteiger partial charge in [0.15, 0.2) is 0 Å². The van der Waals surface area contributed by atoms with Crippen LogP contribution in [0.15, 0.2) is 16.1 Å². The van der Waals surface area contributed by atoms with Crippen LogP contribution in [0.2, 0.25) is 0 Å². The lowest BCUT2D eigenvalue weighted by Gasteiger charge is -1.95. The van der Waals surface area contributed by atoms with Gasteiger partial charge < -0.3 is 4.52 Å². The van der Waals surface area contributed by atoms with Crippen LogP contribution in [0.25, 0.3) is 0 Å². The predicted octanol–water partition coefficient (Wildman–Crippen LogP) is 1.57. The Morgan fingerprint density at radius 1 is 1.67 bits per heavy atom. The largest absolute Gasteiger partial charge is 0.342 e. The van der Waals surface area contributed by atoms with E-state index in [0.29, 0.717) is 10.4 Å². The first kappa shape index (κ1) is 6.61. The van der Waals surface area contributed by atoms with E-state index in [4.69, 9.17) is 0 Å². The molecule has 0 amide bonds. The molecular weight excluding hydrogens is 136 g/mol. The third kappa shape index (κ3) is 2.05. The second-order valence-corrected chi connectivity index (χ2v) is 3.42. The summed E-state index contributed by atoms with van der Waals surface area (Å²) in [6.07, 6.45) is 1.34. The van der Waals surface area contributed by atoms with Gasteiger partial charge in [0, 0.05) is 5.25 Å². The van der Waals surface area contributed by atoms with Crippen molar-refractivity contribution in [3.63, 3.8) is 0 Å². The Morgan fingerprint density at radius 3 is 2.89 bits per heavy atom. The second-order valence-electron chi connectivity index (χ2n) is 1.88. The fourth-order valence-electron chi connectivity index (χ4n) is 0.424. The molecule has 0 radical (unpaired) electrons. The Kier molecular flexibility index (Phi) is 2.10. The highest BCUT2D eigenvalue weighted by Crippen LogP contribution is 2.16. The Hall–Kier alpha value is -0.510. The summed E-state index contributed by atoms with van der Waals surface area (Å²) in [4.78, 5) is 3.84. The molecule has 0 unspecified atom stereocenters. The summed E-state index contributed by atoms with van der Waals surface area (Å²) in [5.74, 6) is 0. The lowest BCUT2D eigenvalue weighted by Crippen LogP contribution is -1.86. The van der Waals surface area contributed by atoms with Crippen molar-refractivity contribution in [1.82, 2.24) is 10.1 Å². The van der Waals surface area contributed by atoms with Crippen molar-refractivity contribution >= 4 is 11.8 Å². The molecule has 0 aromatic carbocycles. The van der Waals surface area contributed by atoms with Gasteiger partial charge in [-0.15, -0.1) is 0 Å². The van der Waals surface area contributed by atoms with Crippen LogP contribution in [0.3, 0.4) is 0 Å². The molecule has 3 nitrogen and oxygen atoms in total. The van der Waals surface area contributed by atoms with Gasteiger partial charge in [0.25, 0.3) is 0 Å². The normalized spacial score (nSPS) is 10.6. The number of rotatable bonds is 2. The minimum absolute atomic E-state index is 0.516. The van der Waals surface area contributed by atoms with Crippen molar-refractivity contribution < 1.29 is 4.52 Å². The van der Waals surface area contributed by atoms with E-state index >= 15 is 0 Å². The number of aromatic nitrogens is 2. The van der Waals surface area contributed by atoms with Crippen molar-refractivity contribution in [1.29, 1.82) is 0 Å². The molecule has 4 heteroatoms. The van der Waals surface area contributed by atoms with Crippen LogP contribution >= 0.6 is 11.8 Å². The fraction of sp³-hybridized carbons (Fsp3) is 0.600. The highest BCUT2D eigenvalue weighted by molar-refractivity contribution is 7.99. The summed E-state index contributed by atoms with van der Waals surface area (Å²) < 4.78 is 4.53. The summed E-state index contributed by atoms with van der Waals surface area (Å²) >= 11 is 1.59. The molecule has 0 aliphatic heterocycles. The Bertz CT molecular complexity index is 161. The lowest BCUT2D eigenvalue weighted by atomic mass is 10.6. The fourth-order valence-corrected chi connectivity index (χ4v) is 1.04. The van der Waals surface area contributed by atoms with E-state index in [0.717, 1.165) is 0 Å². The molecule has 1 aromatic heterocycles. The molecular formula is C5H8N2OS. The molecule has 0 bridgehead atoms. The topological polar surface area (TPSA) is 38.9 Å². The lowest BCUT2D eigenvalue weighted by molar-refractivity contribution is 0.403. The minimum Gasteiger partial charge on any atom is -0.342 e. The van der Waals surface area contributed by atoms with Crippen molar-refractivity contribution in [3.05, 3.63) is 6.39 Å². The van der Waals surface area contributed by atoms with Crippen molar-refractivity contribution in [2.45, 2.75) is 24.3 Å². The Labute approximate surface area is 57.8 Å². The smallest absolute Gasteiger partial charge is 0.229 e. The van der Waals surface area contributed by atoms with Crippen LogP contribution in [-0.2, 0) is 0 Å². The van der Waals surface area contributed by atoms with Crippen LogP contribution in [-0.4, -0.2) is 15.4 Å². The average Bonchev–Trinajstić information content (AvgIpc) is 2.15. The van der Waals surface area contributed by atoms with Gasteiger partial charge in [0.2, 0.25) is 11.6 Å². The summed E-state index contributed by atoms with van der Waals surface area (Å²) in [7, 11) is 0. The monoisotopic (exact) mass is 144 g/mol. The van der Waals surface area contributed by atoms with E-state index < -0.39 is 0 Å². The molecule has 0 spiro atoms. The van der Waals surface area contributed by atoms with Gasteiger partial charge >= 0.3 is 0 Å². The Balaban J connectivity index is 2.48. The molecule has 0 N–H and O–H groups in total. The van der Waals surface area contributed by atoms with Gasteiger partial charge in [-0.2, -0.15) is 4.98 Å². The highest BCUT2D eigenvalue weighted by Gasteiger charge is 2.00. The highest BCUT2D eigenvalue weighted by atomic mass is 32.2. The summed E-state index contributed by atoms with van der Waals surface area (Å²) in [6, 6.07) is 0. The molecule has 0 fully saturated rings. The molecule has 0 aliphatic rings. The van der Waals surface area contributed by atoms with Gasteiger partial charge in [-0.1, -0.05) is 30.8 Å². The second kappa shape index (κ2) is 2.87. The minimum atomic E-state index is 0.516. The predicted molar refractivity (Wildman–Crippen MR) is 35.3 cm³/mol. The third-order valence-corrected chi connectivity index (χ3v) is 1.54.